The number of amides is 1. The first kappa shape index (κ1) is 25.2. The molecule has 0 aromatic carbocycles. The van der Waals surface area contributed by atoms with Gasteiger partial charge in [-0.05, 0) is 50.1 Å². The number of aromatic amines is 2. The first-order valence-electron chi connectivity index (χ1n) is 13.6. The van der Waals surface area contributed by atoms with Gasteiger partial charge in [0, 0.05) is 34.3 Å². The summed E-state index contributed by atoms with van der Waals surface area (Å²) in [6.07, 6.45) is 12.2. The maximum absolute atomic E-state index is 12.8. The van der Waals surface area contributed by atoms with Crippen molar-refractivity contribution in [3.63, 3.8) is 0 Å². The smallest absolute Gasteiger partial charge is 0.227 e. The van der Waals surface area contributed by atoms with Gasteiger partial charge >= 0.3 is 0 Å². The van der Waals surface area contributed by atoms with E-state index in [0.29, 0.717) is 33.3 Å². The molecular formula is C30H26N8O2S. The normalized spacial score (nSPS) is 14.1. The van der Waals surface area contributed by atoms with Crippen LogP contribution < -0.4 is 5.32 Å². The molecule has 10 nitrogen and oxygen atoms in total. The summed E-state index contributed by atoms with van der Waals surface area (Å²) in [6.45, 7) is 1.56. The summed E-state index contributed by atoms with van der Waals surface area (Å²) in [4.78, 5) is 48.1. The van der Waals surface area contributed by atoms with Crippen molar-refractivity contribution in [3.8, 4) is 33.2 Å². The highest BCUT2D eigenvalue weighted by atomic mass is 32.1. The lowest BCUT2D eigenvalue weighted by molar-refractivity contribution is -0.120. The van der Waals surface area contributed by atoms with E-state index in [1.165, 1.54) is 17.8 Å². The van der Waals surface area contributed by atoms with Crippen molar-refractivity contribution in [1.82, 2.24) is 35.1 Å². The van der Waals surface area contributed by atoms with E-state index in [0.717, 1.165) is 58.2 Å². The SMILES string of the molecule is CC(=O)c1ccc(-c2cncc3[nH]c(-c4n[nH]c5ccc(-c6cncc(NC(=O)C7CCCCC7)c6)nc45)nc23)s1. The van der Waals surface area contributed by atoms with E-state index in [1.54, 1.807) is 31.7 Å². The van der Waals surface area contributed by atoms with Crippen LogP contribution in [0.4, 0.5) is 5.69 Å². The molecule has 7 rings (SSSR count). The number of carbonyl (C=O) groups is 2. The number of hydrogen-bond acceptors (Lipinski definition) is 8. The molecule has 0 bridgehead atoms. The highest BCUT2D eigenvalue weighted by Crippen LogP contribution is 2.35. The minimum atomic E-state index is 0.0290. The Balaban J connectivity index is 1.22. The van der Waals surface area contributed by atoms with Gasteiger partial charge in [-0.1, -0.05) is 19.3 Å². The summed E-state index contributed by atoms with van der Waals surface area (Å²) >= 11 is 1.42. The molecular weight excluding hydrogens is 536 g/mol. The van der Waals surface area contributed by atoms with Crippen LogP contribution in [0.5, 0.6) is 0 Å². The topological polar surface area (TPSA) is 142 Å². The van der Waals surface area contributed by atoms with Gasteiger partial charge in [-0.15, -0.1) is 11.3 Å². The van der Waals surface area contributed by atoms with Crippen molar-refractivity contribution < 1.29 is 9.59 Å². The van der Waals surface area contributed by atoms with Gasteiger partial charge in [0.1, 0.15) is 11.0 Å². The number of hydrogen-bond donors (Lipinski definition) is 3. The fourth-order valence-corrected chi connectivity index (χ4v) is 6.29. The molecule has 0 radical (unpaired) electrons. The molecule has 6 heterocycles. The second-order valence-electron chi connectivity index (χ2n) is 10.3. The lowest BCUT2D eigenvalue weighted by Gasteiger charge is -2.20. The fourth-order valence-electron chi connectivity index (χ4n) is 5.38. The van der Waals surface area contributed by atoms with Crippen molar-refractivity contribution in [1.29, 1.82) is 0 Å². The number of anilines is 1. The molecule has 1 amide bonds. The van der Waals surface area contributed by atoms with E-state index in [2.05, 4.69) is 30.5 Å². The molecule has 11 heteroatoms. The summed E-state index contributed by atoms with van der Waals surface area (Å²) in [7, 11) is 0. The van der Waals surface area contributed by atoms with Crippen LogP contribution in [0, 0.1) is 5.92 Å². The number of nitrogens with zero attached hydrogens (tertiary/aromatic N) is 5. The van der Waals surface area contributed by atoms with Gasteiger partial charge in [-0.25, -0.2) is 9.97 Å². The van der Waals surface area contributed by atoms with Crippen LogP contribution in [0.2, 0.25) is 0 Å². The highest BCUT2D eigenvalue weighted by molar-refractivity contribution is 7.17. The average molecular weight is 563 g/mol. The van der Waals surface area contributed by atoms with Gasteiger partial charge in [0.25, 0.3) is 0 Å². The number of H-pyrrole nitrogens is 2. The number of thiophene rings is 1. The molecule has 41 heavy (non-hydrogen) atoms. The van der Waals surface area contributed by atoms with E-state index in [9.17, 15) is 9.59 Å². The van der Waals surface area contributed by atoms with Crippen LogP contribution in [0.25, 0.3) is 55.3 Å². The summed E-state index contributed by atoms with van der Waals surface area (Å²) in [6, 6.07) is 9.47. The number of aromatic nitrogens is 7. The van der Waals surface area contributed by atoms with Gasteiger partial charge in [-0.3, -0.25) is 24.7 Å². The van der Waals surface area contributed by atoms with Crippen LogP contribution in [0.3, 0.4) is 0 Å². The monoisotopic (exact) mass is 562 g/mol. The van der Waals surface area contributed by atoms with E-state index in [-0.39, 0.29) is 17.6 Å². The molecule has 6 aromatic rings. The van der Waals surface area contributed by atoms with Crippen LogP contribution in [-0.4, -0.2) is 46.8 Å². The summed E-state index contributed by atoms with van der Waals surface area (Å²) in [5, 5.41) is 10.6. The maximum Gasteiger partial charge on any atom is 0.227 e. The van der Waals surface area contributed by atoms with Crippen molar-refractivity contribution in [2.24, 2.45) is 5.92 Å². The number of nitrogens with one attached hydrogen (secondary N) is 3. The van der Waals surface area contributed by atoms with Gasteiger partial charge in [0.2, 0.25) is 5.91 Å². The highest BCUT2D eigenvalue weighted by Gasteiger charge is 2.22. The molecule has 204 valence electrons. The minimum absolute atomic E-state index is 0.0290. The number of fused-ring (bicyclic) bond motifs is 2. The largest absolute Gasteiger partial charge is 0.335 e. The Kier molecular flexibility index (Phi) is 6.35. The molecule has 1 saturated carbocycles. The first-order chi connectivity index (χ1) is 20.0. The minimum Gasteiger partial charge on any atom is -0.335 e. The number of Topliss-reactive ketones (excluding diaryl/α,β-unsaturated/α-hetero) is 1. The zero-order chi connectivity index (χ0) is 27.9. The standard InChI is InChI=1S/C30H26N8O2S/c1-16(39)24-9-10-25(41-24)20-14-32-15-23-26(20)36-29(35-23)28-27-22(37-38-28)8-7-21(34-27)18-11-19(13-31-12-18)33-30(40)17-5-3-2-4-6-17/h7-15,17H,2-6H2,1H3,(H,33,40)(H,35,36)(H,37,38). The molecule has 0 unspecified atom stereocenters. The van der Waals surface area contributed by atoms with Crippen LogP contribution in [0.1, 0.15) is 48.7 Å². The Bertz CT molecular complexity index is 1930. The van der Waals surface area contributed by atoms with Crippen LogP contribution in [0.15, 0.2) is 55.1 Å². The molecule has 0 saturated heterocycles. The summed E-state index contributed by atoms with van der Waals surface area (Å²) < 4.78 is 0. The Morgan fingerprint density at radius 3 is 2.61 bits per heavy atom. The van der Waals surface area contributed by atoms with Crippen LogP contribution in [-0.2, 0) is 4.79 Å². The Hall–Kier alpha value is -4.77. The van der Waals surface area contributed by atoms with Gasteiger partial charge in [0.05, 0.1) is 39.7 Å². The molecule has 6 aromatic heterocycles. The second-order valence-corrected chi connectivity index (χ2v) is 11.4. The Morgan fingerprint density at radius 1 is 0.927 bits per heavy atom. The molecule has 0 aliphatic heterocycles. The summed E-state index contributed by atoms with van der Waals surface area (Å²) in [5.74, 6) is 0.704. The average Bonchev–Trinajstić information content (AvgIpc) is 3.75. The lowest BCUT2D eigenvalue weighted by atomic mass is 9.88. The van der Waals surface area contributed by atoms with Gasteiger partial charge in [-0.2, -0.15) is 5.10 Å². The summed E-state index contributed by atoms with van der Waals surface area (Å²) in [5.41, 5.74) is 6.49. The third-order valence-electron chi connectivity index (χ3n) is 7.52. The number of imidazole rings is 1. The molecule has 1 aliphatic rings. The molecule has 0 spiro atoms. The van der Waals surface area contributed by atoms with E-state index in [1.807, 2.05) is 30.3 Å². The van der Waals surface area contributed by atoms with Crippen LogP contribution >= 0.6 is 11.3 Å². The molecule has 1 aliphatic carbocycles. The Morgan fingerprint density at radius 2 is 1.78 bits per heavy atom. The van der Waals surface area contributed by atoms with E-state index in [4.69, 9.17) is 9.97 Å². The predicted molar refractivity (Wildman–Crippen MR) is 159 cm³/mol. The van der Waals surface area contributed by atoms with E-state index < -0.39 is 0 Å². The zero-order valence-corrected chi connectivity index (χ0v) is 23.1. The zero-order valence-electron chi connectivity index (χ0n) is 22.3. The van der Waals surface area contributed by atoms with Crippen molar-refractivity contribution in [2.45, 2.75) is 39.0 Å². The van der Waals surface area contributed by atoms with Crippen molar-refractivity contribution in [2.75, 3.05) is 5.32 Å². The second kappa shape index (κ2) is 10.3. The third-order valence-corrected chi connectivity index (χ3v) is 8.74. The van der Waals surface area contributed by atoms with Crippen molar-refractivity contribution in [3.05, 3.63) is 60.0 Å². The molecule has 3 N–H and O–H groups in total. The Labute approximate surface area is 238 Å². The van der Waals surface area contributed by atoms with E-state index >= 15 is 0 Å². The van der Waals surface area contributed by atoms with Gasteiger partial charge in [0.15, 0.2) is 17.3 Å². The number of carbonyl (C=O) groups excluding carboxylic acids is 2. The first-order valence-corrected chi connectivity index (χ1v) is 14.4. The molecule has 1 fully saturated rings. The quantitative estimate of drug-likeness (QED) is 0.199. The number of rotatable bonds is 6. The number of ketones is 1. The third kappa shape index (κ3) is 4.78. The lowest BCUT2D eigenvalue weighted by Crippen LogP contribution is -2.24. The predicted octanol–water partition coefficient (Wildman–Crippen LogP) is 6.41. The van der Waals surface area contributed by atoms with Gasteiger partial charge < -0.3 is 10.3 Å². The number of pyridine rings is 3. The maximum atomic E-state index is 12.8. The molecule has 0 atom stereocenters. The van der Waals surface area contributed by atoms with Crippen molar-refractivity contribution >= 4 is 50.8 Å². The fraction of sp³-hybridized carbons (Fsp3) is 0.233.